The largest absolute Gasteiger partial charge is 0.364 e. The van der Waals surface area contributed by atoms with Gasteiger partial charge in [-0.1, -0.05) is 19.1 Å². The molecule has 132 valence electrons. The first-order valence-electron chi connectivity index (χ1n) is 8.99. The van der Waals surface area contributed by atoms with Crippen LogP contribution in [0.5, 0.6) is 0 Å². The van der Waals surface area contributed by atoms with Gasteiger partial charge in [0.15, 0.2) is 0 Å². The topological polar surface area (TPSA) is 84.1 Å². The first kappa shape index (κ1) is 16.3. The van der Waals surface area contributed by atoms with Crippen molar-refractivity contribution in [1.29, 1.82) is 0 Å². The Bertz CT molecular complexity index is 767. The summed E-state index contributed by atoms with van der Waals surface area (Å²) in [5.74, 6) is 1.18. The number of amides is 1. The number of aromatic nitrogens is 2. The highest BCUT2D eigenvalue weighted by Crippen LogP contribution is 2.36. The first-order chi connectivity index (χ1) is 12.1. The summed E-state index contributed by atoms with van der Waals surface area (Å²) in [6, 6.07) is 7.73. The van der Waals surface area contributed by atoms with Crippen molar-refractivity contribution in [2.75, 3.05) is 0 Å². The third-order valence-corrected chi connectivity index (χ3v) is 5.35. The molecule has 0 bridgehead atoms. The fourth-order valence-electron chi connectivity index (χ4n) is 3.98. The number of hydrogen-bond donors (Lipinski definition) is 2. The Morgan fingerprint density at radius 3 is 3.04 bits per heavy atom. The minimum Gasteiger partial charge on any atom is -0.364 e. The SMILES string of the molecule is CC1CCC2OC(C(=O)NCc3nc4ccccc4[nH]3)CC(=O)C2C1. The first-order valence-corrected chi connectivity index (χ1v) is 8.99. The molecule has 25 heavy (non-hydrogen) atoms. The number of imidazole rings is 1. The van der Waals surface area contributed by atoms with E-state index in [1.807, 2.05) is 24.3 Å². The number of ketones is 1. The van der Waals surface area contributed by atoms with Gasteiger partial charge >= 0.3 is 0 Å². The molecule has 2 N–H and O–H groups in total. The molecule has 0 radical (unpaired) electrons. The van der Waals surface area contributed by atoms with Gasteiger partial charge in [0.2, 0.25) is 5.91 Å². The van der Waals surface area contributed by atoms with Crippen molar-refractivity contribution in [3.63, 3.8) is 0 Å². The number of fused-ring (bicyclic) bond motifs is 2. The molecule has 2 fully saturated rings. The second kappa shape index (κ2) is 6.59. The van der Waals surface area contributed by atoms with Gasteiger partial charge in [-0.15, -0.1) is 0 Å². The molecule has 4 unspecified atom stereocenters. The van der Waals surface area contributed by atoms with Gasteiger partial charge < -0.3 is 15.0 Å². The van der Waals surface area contributed by atoms with Crippen LogP contribution < -0.4 is 5.32 Å². The van der Waals surface area contributed by atoms with Gasteiger partial charge in [0, 0.05) is 12.3 Å². The van der Waals surface area contributed by atoms with Crippen molar-refractivity contribution in [1.82, 2.24) is 15.3 Å². The summed E-state index contributed by atoms with van der Waals surface area (Å²) in [6.45, 7) is 2.47. The lowest BCUT2D eigenvalue weighted by atomic mass is 9.75. The minimum atomic E-state index is -0.675. The highest BCUT2D eigenvalue weighted by atomic mass is 16.5. The van der Waals surface area contributed by atoms with E-state index in [4.69, 9.17) is 4.74 Å². The lowest BCUT2D eigenvalue weighted by Crippen LogP contribution is -2.49. The standard InChI is InChI=1S/C19H23N3O3/c1-11-6-7-16-12(8-11)15(23)9-17(25-16)19(24)20-10-18-21-13-4-2-3-5-14(13)22-18/h2-5,11-12,16-17H,6-10H2,1H3,(H,20,24)(H,21,22). The summed E-state index contributed by atoms with van der Waals surface area (Å²) >= 11 is 0. The molecule has 6 nitrogen and oxygen atoms in total. The molecule has 4 rings (SSSR count). The molecule has 4 atom stereocenters. The summed E-state index contributed by atoms with van der Waals surface area (Å²) in [4.78, 5) is 32.5. The Balaban J connectivity index is 1.37. The number of Topliss-reactive ketones (excluding diaryl/α,β-unsaturated/α-hetero) is 1. The van der Waals surface area contributed by atoms with Crippen LogP contribution in [0, 0.1) is 11.8 Å². The van der Waals surface area contributed by atoms with E-state index < -0.39 is 6.10 Å². The van der Waals surface area contributed by atoms with Gasteiger partial charge in [0.1, 0.15) is 17.7 Å². The Hall–Kier alpha value is -2.21. The number of nitrogens with zero attached hydrogens (tertiary/aromatic N) is 1. The van der Waals surface area contributed by atoms with Gasteiger partial charge in [0.25, 0.3) is 0 Å². The average molecular weight is 341 g/mol. The predicted molar refractivity (Wildman–Crippen MR) is 92.7 cm³/mol. The zero-order valence-electron chi connectivity index (χ0n) is 14.3. The molecule has 6 heteroatoms. The van der Waals surface area contributed by atoms with Crippen molar-refractivity contribution >= 4 is 22.7 Å². The van der Waals surface area contributed by atoms with Crippen molar-refractivity contribution in [3.8, 4) is 0 Å². The molecule has 0 spiro atoms. The summed E-state index contributed by atoms with van der Waals surface area (Å²) < 4.78 is 5.95. The van der Waals surface area contributed by atoms with E-state index in [1.54, 1.807) is 0 Å². The monoisotopic (exact) mass is 341 g/mol. The van der Waals surface area contributed by atoms with Crippen LogP contribution >= 0.6 is 0 Å². The second-order valence-corrected chi connectivity index (χ2v) is 7.28. The van der Waals surface area contributed by atoms with E-state index in [-0.39, 0.29) is 30.1 Å². The Morgan fingerprint density at radius 1 is 1.36 bits per heavy atom. The Morgan fingerprint density at radius 2 is 2.20 bits per heavy atom. The molecule has 1 aliphatic carbocycles. The highest BCUT2D eigenvalue weighted by Gasteiger charge is 2.42. The maximum absolute atomic E-state index is 12.4. The predicted octanol–water partition coefficient (Wildman–Crippen LogP) is 2.34. The number of para-hydroxylation sites is 2. The van der Waals surface area contributed by atoms with Gasteiger partial charge in [-0.2, -0.15) is 0 Å². The number of carbonyl (C=O) groups is 2. The quantitative estimate of drug-likeness (QED) is 0.897. The third-order valence-electron chi connectivity index (χ3n) is 5.35. The maximum atomic E-state index is 12.4. The smallest absolute Gasteiger partial charge is 0.249 e. The van der Waals surface area contributed by atoms with Crippen LogP contribution in [0.1, 0.15) is 38.4 Å². The van der Waals surface area contributed by atoms with Crippen LogP contribution in [-0.4, -0.2) is 33.9 Å². The zero-order valence-corrected chi connectivity index (χ0v) is 14.3. The van der Waals surface area contributed by atoms with Crippen molar-refractivity contribution in [2.45, 2.75) is 51.4 Å². The molecule has 2 aromatic rings. The van der Waals surface area contributed by atoms with Crippen LogP contribution in [-0.2, 0) is 20.9 Å². The van der Waals surface area contributed by atoms with Crippen molar-refractivity contribution in [3.05, 3.63) is 30.1 Å². The Labute approximate surface area is 146 Å². The van der Waals surface area contributed by atoms with Crippen LogP contribution in [0.3, 0.4) is 0 Å². The minimum absolute atomic E-state index is 0.0248. The molecule has 2 aliphatic rings. The molecule has 2 heterocycles. The van der Waals surface area contributed by atoms with Crippen LogP contribution in [0.25, 0.3) is 11.0 Å². The molecule has 1 aliphatic heterocycles. The van der Waals surface area contributed by atoms with E-state index in [0.717, 1.165) is 30.3 Å². The molecule has 1 aromatic carbocycles. The van der Waals surface area contributed by atoms with Gasteiger partial charge in [-0.05, 0) is 37.3 Å². The van der Waals surface area contributed by atoms with Crippen LogP contribution in [0.15, 0.2) is 24.3 Å². The molecule has 1 saturated carbocycles. The number of carbonyl (C=O) groups excluding carboxylic acids is 2. The second-order valence-electron chi connectivity index (χ2n) is 7.28. The van der Waals surface area contributed by atoms with Crippen LogP contribution in [0.4, 0.5) is 0 Å². The van der Waals surface area contributed by atoms with Crippen LogP contribution in [0.2, 0.25) is 0 Å². The Kier molecular flexibility index (Phi) is 4.29. The fraction of sp³-hybridized carbons (Fsp3) is 0.526. The number of rotatable bonds is 3. The molecule has 1 aromatic heterocycles. The van der Waals surface area contributed by atoms with E-state index in [9.17, 15) is 9.59 Å². The van der Waals surface area contributed by atoms with Crippen molar-refractivity contribution in [2.24, 2.45) is 11.8 Å². The fourth-order valence-corrected chi connectivity index (χ4v) is 3.98. The molecular weight excluding hydrogens is 318 g/mol. The number of hydrogen-bond acceptors (Lipinski definition) is 4. The average Bonchev–Trinajstić information content (AvgIpc) is 3.03. The molecule has 1 saturated heterocycles. The van der Waals surface area contributed by atoms with Crippen molar-refractivity contribution < 1.29 is 14.3 Å². The lowest BCUT2D eigenvalue weighted by Gasteiger charge is -2.39. The van der Waals surface area contributed by atoms with Gasteiger partial charge in [-0.3, -0.25) is 9.59 Å². The number of benzene rings is 1. The summed E-state index contributed by atoms with van der Waals surface area (Å²) in [5, 5.41) is 2.84. The van der Waals surface area contributed by atoms with E-state index in [2.05, 4.69) is 22.2 Å². The summed E-state index contributed by atoms with van der Waals surface area (Å²) in [6.07, 6.45) is 2.22. The van der Waals surface area contributed by atoms with E-state index in [0.29, 0.717) is 18.3 Å². The van der Waals surface area contributed by atoms with E-state index >= 15 is 0 Å². The van der Waals surface area contributed by atoms with Gasteiger partial charge in [-0.25, -0.2) is 4.98 Å². The highest BCUT2D eigenvalue weighted by molar-refractivity contribution is 5.91. The molecular formula is C19H23N3O3. The number of ether oxygens (including phenoxy) is 1. The maximum Gasteiger partial charge on any atom is 0.249 e. The summed E-state index contributed by atoms with van der Waals surface area (Å²) in [7, 11) is 0. The van der Waals surface area contributed by atoms with Gasteiger partial charge in [0.05, 0.1) is 23.7 Å². The third kappa shape index (κ3) is 3.31. The summed E-state index contributed by atoms with van der Waals surface area (Å²) in [5.41, 5.74) is 1.81. The number of aromatic amines is 1. The normalized spacial score (nSPS) is 29.4. The lowest BCUT2D eigenvalue weighted by molar-refractivity contribution is -0.163. The number of H-pyrrole nitrogens is 1. The zero-order chi connectivity index (χ0) is 17.4. The number of nitrogens with one attached hydrogen (secondary N) is 2. The van der Waals surface area contributed by atoms with E-state index in [1.165, 1.54) is 0 Å². The molecule has 1 amide bonds.